The average Bonchev–Trinajstić information content (AvgIpc) is 2.52. The first-order chi connectivity index (χ1) is 6.29. The lowest BCUT2D eigenvalue weighted by atomic mass is 9.99. The fourth-order valence-corrected chi connectivity index (χ4v) is 1.91. The van der Waals surface area contributed by atoms with E-state index in [1.165, 1.54) is 5.56 Å². The first-order valence-corrected chi connectivity index (χ1v) is 4.72. The van der Waals surface area contributed by atoms with Gasteiger partial charge < -0.3 is 5.32 Å². The summed E-state index contributed by atoms with van der Waals surface area (Å²) in [6, 6.07) is 7.91. The summed E-state index contributed by atoms with van der Waals surface area (Å²) in [4.78, 5) is 0. The molecular formula is C11H14FN. The molecule has 1 aromatic rings. The van der Waals surface area contributed by atoms with E-state index < -0.39 is 6.17 Å². The Labute approximate surface area is 78.0 Å². The number of aryl methyl sites for hydroxylation is 1. The maximum Gasteiger partial charge on any atom is 0.121 e. The van der Waals surface area contributed by atoms with Crippen molar-refractivity contribution in [3.63, 3.8) is 0 Å². The third-order valence-corrected chi connectivity index (χ3v) is 2.67. The molecule has 2 atom stereocenters. The highest BCUT2D eigenvalue weighted by Crippen LogP contribution is 2.28. The van der Waals surface area contributed by atoms with Crippen LogP contribution in [0, 0.1) is 6.92 Å². The fourth-order valence-electron chi connectivity index (χ4n) is 1.91. The Morgan fingerprint density at radius 1 is 1.38 bits per heavy atom. The van der Waals surface area contributed by atoms with Crippen molar-refractivity contribution < 1.29 is 4.39 Å². The number of hydrogen-bond acceptors (Lipinski definition) is 1. The van der Waals surface area contributed by atoms with Gasteiger partial charge in [0.15, 0.2) is 0 Å². The maximum absolute atomic E-state index is 13.4. The van der Waals surface area contributed by atoms with E-state index >= 15 is 0 Å². The highest BCUT2D eigenvalue weighted by atomic mass is 19.1. The number of halogens is 1. The molecular weight excluding hydrogens is 165 g/mol. The molecule has 2 unspecified atom stereocenters. The van der Waals surface area contributed by atoms with Crippen molar-refractivity contribution in [1.29, 1.82) is 0 Å². The van der Waals surface area contributed by atoms with E-state index in [9.17, 15) is 4.39 Å². The third kappa shape index (κ3) is 1.59. The summed E-state index contributed by atoms with van der Waals surface area (Å²) in [6.45, 7) is 2.82. The minimum absolute atomic E-state index is 0.0822. The summed E-state index contributed by atoms with van der Waals surface area (Å²) in [7, 11) is 0. The topological polar surface area (TPSA) is 12.0 Å². The lowest BCUT2D eigenvalue weighted by molar-refractivity contribution is 0.304. The number of hydrogen-bond donors (Lipinski definition) is 1. The molecule has 1 saturated heterocycles. The van der Waals surface area contributed by atoms with E-state index in [-0.39, 0.29) is 6.04 Å². The summed E-state index contributed by atoms with van der Waals surface area (Å²) in [5.41, 5.74) is 2.28. The molecule has 0 aliphatic carbocycles. The number of nitrogens with one attached hydrogen (secondary N) is 1. The Morgan fingerprint density at radius 3 is 2.77 bits per heavy atom. The normalized spacial score (nSPS) is 27.8. The van der Waals surface area contributed by atoms with Crippen LogP contribution in [0.4, 0.5) is 4.39 Å². The van der Waals surface area contributed by atoms with Gasteiger partial charge in [-0.2, -0.15) is 0 Å². The summed E-state index contributed by atoms with van der Waals surface area (Å²) in [5, 5.41) is 3.19. The molecule has 0 spiro atoms. The SMILES string of the molecule is Cc1ccccc1C1NCCC1F. The van der Waals surface area contributed by atoms with Crippen molar-refractivity contribution in [3.05, 3.63) is 35.4 Å². The van der Waals surface area contributed by atoms with Gasteiger partial charge in [0.2, 0.25) is 0 Å². The molecule has 1 aliphatic rings. The zero-order chi connectivity index (χ0) is 9.26. The maximum atomic E-state index is 13.4. The second-order valence-electron chi connectivity index (χ2n) is 3.59. The zero-order valence-corrected chi connectivity index (χ0v) is 7.76. The van der Waals surface area contributed by atoms with Gasteiger partial charge >= 0.3 is 0 Å². The van der Waals surface area contributed by atoms with Crippen molar-refractivity contribution in [2.45, 2.75) is 25.6 Å². The van der Waals surface area contributed by atoms with E-state index in [1.54, 1.807) is 0 Å². The first-order valence-electron chi connectivity index (χ1n) is 4.72. The molecule has 1 nitrogen and oxygen atoms in total. The zero-order valence-electron chi connectivity index (χ0n) is 7.76. The van der Waals surface area contributed by atoms with Gasteiger partial charge in [0.05, 0.1) is 6.04 Å². The minimum Gasteiger partial charge on any atom is -0.307 e. The summed E-state index contributed by atoms with van der Waals surface area (Å²) in [5.74, 6) is 0. The quantitative estimate of drug-likeness (QED) is 0.698. The minimum atomic E-state index is -0.721. The van der Waals surface area contributed by atoms with Gasteiger partial charge in [0.25, 0.3) is 0 Å². The Kier molecular flexibility index (Phi) is 2.32. The number of alkyl halides is 1. The summed E-state index contributed by atoms with van der Waals surface area (Å²) < 4.78 is 13.4. The van der Waals surface area contributed by atoms with Crippen LogP contribution in [0.3, 0.4) is 0 Å². The van der Waals surface area contributed by atoms with Crippen molar-refractivity contribution in [2.24, 2.45) is 0 Å². The molecule has 0 amide bonds. The smallest absolute Gasteiger partial charge is 0.121 e. The standard InChI is InChI=1S/C11H14FN/c1-8-4-2-3-5-9(8)11-10(12)6-7-13-11/h2-5,10-11,13H,6-7H2,1H3. The van der Waals surface area contributed by atoms with E-state index in [4.69, 9.17) is 0 Å². The van der Waals surface area contributed by atoms with E-state index in [0.717, 1.165) is 12.1 Å². The Balaban J connectivity index is 2.29. The predicted molar refractivity (Wildman–Crippen MR) is 51.4 cm³/mol. The summed E-state index contributed by atoms with van der Waals surface area (Å²) in [6.07, 6.45) is -0.0833. The van der Waals surface area contributed by atoms with E-state index in [0.29, 0.717) is 6.42 Å². The van der Waals surface area contributed by atoms with Crippen molar-refractivity contribution in [2.75, 3.05) is 6.54 Å². The van der Waals surface area contributed by atoms with Crippen molar-refractivity contribution in [1.82, 2.24) is 5.32 Å². The van der Waals surface area contributed by atoms with Crippen LogP contribution < -0.4 is 5.32 Å². The van der Waals surface area contributed by atoms with Crippen LogP contribution in [-0.4, -0.2) is 12.7 Å². The number of rotatable bonds is 1. The van der Waals surface area contributed by atoms with E-state index in [2.05, 4.69) is 5.32 Å². The molecule has 1 heterocycles. The third-order valence-electron chi connectivity index (χ3n) is 2.67. The molecule has 2 rings (SSSR count). The monoisotopic (exact) mass is 179 g/mol. The lowest BCUT2D eigenvalue weighted by Gasteiger charge is -2.15. The van der Waals surface area contributed by atoms with Gasteiger partial charge in [-0.15, -0.1) is 0 Å². The molecule has 0 radical (unpaired) electrons. The van der Waals surface area contributed by atoms with Crippen LogP contribution in [0.1, 0.15) is 23.6 Å². The molecule has 1 N–H and O–H groups in total. The Hall–Kier alpha value is -0.890. The molecule has 1 aliphatic heterocycles. The van der Waals surface area contributed by atoms with Gasteiger partial charge in [0, 0.05) is 0 Å². The second-order valence-corrected chi connectivity index (χ2v) is 3.59. The molecule has 0 bridgehead atoms. The molecule has 13 heavy (non-hydrogen) atoms. The van der Waals surface area contributed by atoms with Crippen LogP contribution in [0.25, 0.3) is 0 Å². The molecule has 0 saturated carbocycles. The average molecular weight is 179 g/mol. The lowest BCUT2D eigenvalue weighted by Crippen LogP contribution is -2.19. The molecule has 1 aromatic carbocycles. The first kappa shape index (κ1) is 8.70. The molecule has 70 valence electrons. The van der Waals surface area contributed by atoms with Crippen molar-refractivity contribution >= 4 is 0 Å². The molecule has 0 aromatic heterocycles. The van der Waals surface area contributed by atoms with Gasteiger partial charge in [-0.25, -0.2) is 4.39 Å². The van der Waals surface area contributed by atoms with Gasteiger partial charge in [-0.05, 0) is 31.0 Å². The van der Waals surface area contributed by atoms with Crippen LogP contribution in [0.5, 0.6) is 0 Å². The Bertz CT molecular complexity index is 298. The predicted octanol–water partition coefficient (Wildman–Crippen LogP) is 2.37. The number of benzene rings is 1. The molecule has 2 heteroatoms. The van der Waals surface area contributed by atoms with Crippen LogP contribution in [0.15, 0.2) is 24.3 Å². The van der Waals surface area contributed by atoms with Gasteiger partial charge in [-0.3, -0.25) is 0 Å². The molecule has 1 fully saturated rings. The van der Waals surface area contributed by atoms with Crippen LogP contribution in [0.2, 0.25) is 0 Å². The van der Waals surface area contributed by atoms with Crippen LogP contribution >= 0.6 is 0 Å². The largest absolute Gasteiger partial charge is 0.307 e. The Morgan fingerprint density at radius 2 is 2.15 bits per heavy atom. The highest BCUT2D eigenvalue weighted by molar-refractivity contribution is 5.30. The van der Waals surface area contributed by atoms with E-state index in [1.807, 2.05) is 31.2 Å². The van der Waals surface area contributed by atoms with Gasteiger partial charge in [0.1, 0.15) is 6.17 Å². The fraction of sp³-hybridized carbons (Fsp3) is 0.455. The van der Waals surface area contributed by atoms with Gasteiger partial charge in [-0.1, -0.05) is 24.3 Å². The van der Waals surface area contributed by atoms with Crippen LogP contribution in [-0.2, 0) is 0 Å². The summed E-state index contributed by atoms with van der Waals surface area (Å²) >= 11 is 0. The highest BCUT2D eigenvalue weighted by Gasteiger charge is 2.28. The second kappa shape index (κ2) is 3.46. The van der Waals surface area contributed by atoms with Crippen molar-refractivity contribution in [3.8, 4) is 0 Å².